The third-order valence-electron chi connectivity index (χ3n) is 0.687. The van der Waals surface area contributed by atoms with E-state index in [1.165, 1.54) is 6.26 Å². The first-order chi connectivity index (χ1) is 3.43. The van der Waals surface area contributed by atoms with Gasteiger partial charge in [0.2, 0.25) is 0 Å². The molecule has 0 saturated carbocycles. The molecule has 0 amide bonds. The second-order valence-corrected chi connectivity index (χ2v) is 1.16. The molecule has 0 fully saturated rings. The molecule has 0 aliphatic heterocycles. The molecular weight excluding hydrogens is 90.1 g/mol. The molecule has 0 atom stereocenters. The Morgan fingerprint density at radius 1 is 1.86 bits per heavy atom. The van der Waals surface area contributed by atoms with Gasteiger partial charge < -0.3 is 4.52 Å². The molecule has 0 aromatic carbocycles. The van der Waals surface area contributed by atoms with Crippen LogP contribution in [0.25, 0.3) is 6.08 Å². The van der Waals surface area contributed by atoms with Crippen molar-refractivity contribution in [2.45, 2.75) is 0 Å². The van der Waals surface area contributed by atoms with Gasteiger partial charge in [0.25, 0.3) is 0 Å². The molecule has 0 spiro atoms. The van der Waals surface area contributed by atoms with Crippen LogP contribution in [0.3, 0.4) is 0 Å². The van der Waals surface area contributed by atoms with Crippen LogP contribution >= 0.6 is 0 Å². The van der Waals surface area contributed by atoms with Crippen LogP contribution < -0.4 is 0 Å². The standard InChI is InChI=1S/C5H5NO/c1-2-5-3-6-7-4-5/h2-4H,1H2. The van der Waals surface area contributed by atoms with E-state index in [4.69, 9.17) is 0 Å². The molecule has 2 heteroatoms. The fourth-order valence-electron chi connectivity index (χ4n) is 0.314. The van der Waals surface area contributed by atoms with E-state index in [1.807, 2.05) is 0 Å². The van der Waals surface area contributed by atoms with Gasteiger partial charge >= 0.3 is 0 Å². The van der Waals surface area contributed by atoms with Crippen LogP contribution in [0.15, 0.2) is 23.6 Å². The first-order valence-electron chi connectivity index (χ1n) is 1.95. The lowest BCUT2D eigenvalue weighted by Crippen LogP contribution is -1.52. The normalized spacial score (nSPS) is 8.57. The molecule has 36 valence electrons. The van der Waals surface area contributed by atoms with Crippen molar-refractivity contribution in [1.82, 2.24) is 5.16 Å². The summed E-state index contributed by atoms with van der Waals surface area (Å²) >= 11 is 0. The van der Waals surface area contributed by atoms with Gasteiger partial charge in [-0.05, 0) is 0 Å². The minimum absolute atomic E-state index is 0.917. The summed E-state index contributed by atoms with van der Waals surface area (Å²) in [6, 6.07) is 0. The van der Waals surface area contributed by atoms with Crippen molar-refractivity contribution in [3.8, 4) is 0 Å². The Labute approximate surface area is 41.4 Å². The Hall–Kier alpha value is -1.05. The summed E-state index contributed by atoms with van der Waals surface area (Å²) in [6.07, 6.45) is 4.82. The van der Waals surface area contributed by atoms with E-state index in [2.05, 4.69) is 16.3 Å². The summed E-state index contributed by atoms with van der Waals surface area (Å²) in [5, 5.41) is 3.45. The highest BCUT2D eigenvalue weighted by molar-refractivity contribution is 5.42. The van der Waals surface area contributed by atoms with Crippen molar-refractivity contribution in [1.29, 1.82) is 0 Å². The second-order valence-electron chi connectivity index (χ2n) is 1.16. The van der Waals surface area contributed by atoms with Gasteiger partial charge in [0, 0.05) is 5.56 Å². The van der Waals surface area contributed by atoms with E-state index in [9.17, 15) is 0 Å². The monoisotopic (exact) mass is 95.0 g/mol. The first kappa shape index (κ1) is 4.12. The zero-order valence-corrected chi connectivity index (χ0v) is 3.79. The minimum Gasteiger partial charge on any atom is -0.364 e. The Bertz CT molecular complexity index is 143. The molecule has 1 rings (SSSR count). The zero-order valence-electron chi connectivity index (χ0n) is 3.79. The summed E-state index contributed by atoms with van der Waals surface area (Å²) < 4.78 is 4.48. The lowest BCUT2D eigenvalue weighted by Gasteiger charge is -1.66. The fraction of sp³-hybridized carbons (Fsp3) is 0. The summed E-state index contributed by atoms with van der Waals surface area (Å²) in [7, 11) is 0. The number of hydrogen-bond acceptors (Lipinski definition) is 2. The molecule has 0 N–H and O–H groups in total. The van der Waals surface area contributed by atoms with E-state index in [0.29, 0.717) is 0 Å². The van der Waals surface area contributed by atoms with Crippen LogP contribution in [0.4, 0.5) is 0 Å². The zero-order chi connectivity index (χ0) is 5.11. The van der Waals surface area contributed by atoms with E-state index in [1.54, 1.807) is 12.3 Å². The predicted molar refractivity (Wildman–Crippen MR) is 26.6 cm³/mol. The molecule has 7 heavy (non-hydrogen) atoms. The summed E-state index contributed by atoms with van der Waals surface area (Å²) in [4.78, 5) is 0. The Morgan fingerprint density at radius 2 is 2.71 bits per heavy atom. The van der Waals surface area contributed by atoms with E-state index < -0.39 is 0 Å². The highest BCUT2D eigenvalue weighted by Gasteiger charge is 1.81. The maximum absolute atomic E-state index is 4.48. The molecule has 0 bridgehead atoms. The Kier molecular flexibility index (Phi) is 0.941. The van der Waals surface area contributed by atoms with Crippen molar-refractivity contribution < 1.29 is 4.52 Å². The quantitative estimate of drug-likeness (QED) is 0.525. The van der Waals surface area contributed by atoms with Gasteiger partial charge in [-0.3, -0.25) is 0 Å². The number of nitrogens with zero attached hydrogens (tertiary/aromatic N) is 1. The third kappa shape index (κ3) is 0.682. The lowest BCUT2D eigenvalue weighted by atomic mass is 10.4. The highest BCUT2D eigenvalue weighted by Crippen LogP contribution is 1.95. The molecule has 2 nitrogen and oxygen atoms in total. The van der Waals surface area contributed by atoms with Gasteiger partial charge in [-0.25, -0.2) is 0 Å². The summed E-state index contributed by atoms with van der Waals surface area (Å²) in [5.41, 5.74) is 0.917. The second kappa shape index (κ2) is 1.60. The average Bonchev–Trinajstić information content (AvgIpc) is 2.14. The average molecular weight is 95.1 g/mol. The van der Waals surface area contributed by atoms with E-state index in [0.717, 1.165) is 5.56 Å². The minimum atomic E-state index is 0.917. The van der Waals surface area contributed by atoms with E-state index >= 15 is 0 Å². The highest BCUT2D eigenvalue weighted by atomic mass is 16.5. The van der Waals surface area contributed by atoms with Gasteiger partial charge in [-0.1, -0.05) is 17.8 Å². The summed E-state index contributed by atoms with van der Waals surface area (Å²) in [5.74, 6) is 0. The number of aromatic nitrogens is 1. The molecule has 0 unspecified atom stereocenters. The first-order valence-corrected chi connectivity index (χ1v) is 1.95. The maximum atomic E-state index is 4.48. The van der Waals surface area contributed by atoms with Crippen LogP contribution in [0.2, 0.25) is 0 Å². The van der Waals surface area contributed by atoms with Crippen molar-refractivity contribution in [3.63, 3.8) is 0 Å². The SMILES string of the molecule is C=Cc1cnoc1. The van der Waals surface area contributed by atoms with Crippen LogP contribution in [0, 0.1) is 0 Å². The van der Waals surface area contributed by atoms with Crippen LogP contribution in [-0.2, 0) is 0 Å². The molecular formula is C5H5NO. The van der Waals surface area contributed by atoms with E-state index in [-0.39, 0.29) is 0 Å². The van der Waals surface area contributed by atoms with Crippen molar-refractivity contribution >= 4 is 6.08 Å². The number of hydrogen-bond donors (Lipinski definition) is 0. The molecule has 0 radical (unpaired) electrons. The summed E-state index contributed by atoms with van der Waals surface area (Å²) in [6.45, 7) is 3.50. The molecule has 0 saturated heterocycles. The Balaban J connectivity index is 2.96. The smallest absolute Gasteiger partial charge is 0.131 e. The Morgan fingerprint density at radius 3 is 3.00 bits per heavy atom. The van der Waals surface area contributed by atoms with Gasteiger partial charge in [0.05, 0.1) is 6.20 Å². The molecule has 0 aliphatic rings. The van der Waals surface area contributed by atoms with Crippen molar-refractivity contribution in [2.75, 3.05) is 0 Å². The van der Waals surface area contributed by atoms with Gasteiger partial charge in [-0.15, -0.1) is 0 Å². The number of rotatable bonds is 1. The van der Waals surface area contributed by atoms with Gasteiger partial charge in [0.15, 0.2) is 0 Å². The van der Waals surface area contributed by atoms with Crippen molar-refractivity contribution in [3.05, 3.63) is 24.6 Å². The predicted octanol–water partition coefficient (Wildman–Crippen LogP) is 1.32. The molecule has 1 aromatic rings. The van der Waals surface area contributed by atoms with Crippen LogP contribution in [-0.4, -0.2) is 5.16 Å². The van der Waals surface area contributed by atoms with Crippen LogP contribution in [0.1, 0.15) is 5.56 Å². The van der Waals surface area contributed by atoms with Crippen molar-refractivity contribution in [2.24, 2.45) is 0 Å². The van der Waals surface area contributed by atoms with Gasteiger partial charge in [0.1, 0.15) is 6.26 Å². The fourth-order valence-corrected chi connectivity index (χ4v) is 0.314. The van der Waals surface area contributed by atoms with Gasteiger partial charge in [-0.2, -0.15) is 0 Å². The molecule has 1 heterocycles. The molecule has 0 aliphatic carbocycles. The third-order valence-corrected chi connectivity index (χ3v) is 0.687. The lowest BCUT2D eigenvalue weighted by molar-refractivity contribution is 0.419. The van der Waals surface area contributed by atoms with Crippen LogP contribution in [0.5, 0.6) is 0 Å². The largest absolute Gasteiger partial charge is 0.364 e. The topological polar surface area (TPSA) is 26.0 Å². The molecule has 1 aromatic heterocycles. The maximum Gasteiger partial charge on any atom is 0.131 e.